The van der Waals surface area contributed by atoms with E-state index in [2.05, 4.69) is 0 Å². The highest BCUT2D eigenvalue weighted by Crippen LogP contribution is 2.17. The summed E-state index contributed by atoms with van der Waals surface area (Å²) in [6.07, 6.45) is 3.73. The maximum absolute atomic E-state index is 12.3. The summed E-state index contributed by atoms with van der Waals surface area (Å²) in [5.41, 5.74) is 0.436. The number of rotatable bonds is 5. The number of piperidine rings is 1. The summed E-state index contributed by atoms with van der Waals surface area (Å²) in [6, 6.07) is 7.73. The van der Waals surface area contributed by atoms with Crippen LogP contribution in [0.1, 0.15) is 24.8 Å². The number of carbonyl (C=O) groups is 1. The Balaban J connectivity index is 2.03. The van der Waals surface area contributed by atoms with E-state index < -0.39 is 9.84 Å². The van der Waals surface area contributed by atoms with E-state index in [1.807, 2.05) is 11.0 Å². The minimum Gasteiger partial charge on any atom is -0.302 e. The topological polar surface area (TPSA) is 78.2 Å². The fraction of sp³-hybridized carbons (Fsp3) is 0.467. The van der Waals surface area contributed by atoms with Gasteiger partial charge in [0.15, 0.2) is 9.84 Å². The normalized spacial score (nSPS) is 19.9. The summed E-state index contributed by atoms with van der Waals surface area (Å²) in [5.74, 6) is -0.0107. The van der Waals surface area contributed by atoms with Crippen LogP contribution in [0.4, 0.5) is 0 Å². The second-order valence-corrected chi connectivity index (χ2v) is 7.30. The predicted octanol–water partition coefficient (Wildman–Crippen LogP) is 1.39. The van der Waals surface area contributed by atoms with Crippen molar-refractivity contribution in [2.24, 2.45) is 0 Å². The highest BCUT2D eigenvalue weighted by Gasteiger charge is 2.24. The summed E-state index contributed by atoms with van der Waals surface area (Å²) in [7, 11) is -3.38. The van der Waals surface area contributed by atoms with Crippen molar-refractivity contribution in [1.82, 2.24) is 4.90 Å². The molecule has 0 spiro atoms. The summed E-state index contributed by atoms with van der Waals surface area (Å²) in [5, 5.41) is 8.72. The summed E-state index contributed by atoms with van der Waals surface area (Å²) < 4.78 is 24.5. The Morgan fingerprint density at radius 3 is 2.62 bits per heavy atom. The van der Waals surface area contributed by atoms with Crippen molar-refractivity contribution in [2.75, 3.05) is 18.8 Å². The van der Waals surface area contributed by atoms with Gasteiger partial charge in [-0.1, -0.05) is 6.42 Å². The van der Waals surface area contributed by atoms with Gasteiger partial charge in [0.05, 0.1) is 28.3 Å². The van der Waals surface area contributed by atoms with E-state index in [4.69, 9.17) is 5.26 Å². The van der Waals surface area contributed by atoms with Gasteiger partial charge in [-0.05, 0) is 43.7 Å². The van der Waals surface area contributed by atoms with Crippen molar-refractivity contribution < 1.29 is 13.2 Å². The van der Waals surface area contributed by atoms with Crippen LogP contribution in [0.25, 0.3) is 0 Å². The van der Waals surface area contributed by atoms with E-state index >= 15 is 0 Å². The second kappa shape index (κ2) is 6.83. The zero-order valence-electron chi connectivity index (χ0n) is 11.7. The minimum atomic E-state index is -3.38. The number of hydrogen-bond donors (Lipinski definition) is 0. The van der Waals surface area contributed by atoms with Gasteiger partial charge in [-0.3, -0.25) is 4.90 Å². The third kappa shape index (κ3) is 3.90. The Morgan fingerprint density at radius 2 is 2.00 bits per heavy atom. The van der Waals surface area contributed by atoms with Gasteiger partial charge >= 0.3 is 0 Å². The van der Waals surface area contributed by atoms with Crippen molar-refractivity contribution >= 4 is 16.1 Å². The van der Waals surface area contributed by atoms with E-state index in [-0.39, 0.29) is 16.7 Å². The van der Waals surface area contributed by atoms with Gasteiger partial charge in [-0.2, -0.15) is 5.26 Å². The average Bonchev–Trinajstić information content (AvgIpc) is 2.53. The molecule has 0 bridgehead atoms. The predicted molar refractivity (Wildman–Crippen MR) is 78.5 cm³/mol. The molecule has 0 aromatic heterocycles. The first-order valence-corrected chi connectivity index (χ1v) is 8.64. The molecule has 0 saturated carbocycles. The molecule has 1 atom stereocenters. The molecule has 1 heterocycles. The molecule has 0 radical (unpaired) electrons. The highest BCUT2D eigenvalue weighted by molar-refractivity contribution is 7.91. The summed E-state index contributed by atoms with van der Waals surface area (Å²) >= 11 is 0. The molecular weight excluding hydrogens is 288 g/mol. The number of nitrogens with zero attached hydrogens (tertiary/aromatic N) is 2. The van der Waals surface area contributed by atoms with Gasteiger partial charge in [-0.15, -0.1) is 0 Å². The standard InChI is InChI=1S/C15H18N2O3S/c16-11-13-4-6-15(7-5-13)21(19,20)10-9-17-8-2-1-3-14(17)12-18/h4-7,12,14H,1-3,8-10H2. The molecule has 1 aliphatic heterocycles. The van der Waals surface area contributed by atoms with Gasteiger partial charge in [0.1, 0.15) is 6.29 Å². The highest BCUT2D eigenvalue weighted by atomic mass is 32.2. The van der Waals surface area contributed by atoms with Crippen molar-refractivity contribution in [3.63, 3.8) is 0 Å². The number of likely N-dealkylation sites (tertiary alicyclic amines) is 1. The number of hydrogen-bond acceptors (Lipinski definition) is 5. The molecule has 2 rings (SSSR count). The average molecular weight is 306 g/mol. The first kappa shape index (κ1) is 15.7. The van der Waals surface area contributed by atoms with Crippen LogP contribution >= 0.6 is 0 Å². The minimum absolute atomic E-state index is 0.0107. The zero-order valence-corrected chi connectivity index (χ0v) is 12.6. The quantitative estimate of drug-likeness (QED) is 0.768. The molecule has 5 nitrogen and oxygen atoms in total. The van der Waals surface area contributed by atoms with E-state index in [9.17, 15) is 13.2 Å². The lowest BCUT2D eigenvalue weighted by atomic mass is 10.0. The Hall–Kier alpha value is -1.71. The second-order valence-electron chi connectivity index (χ2n) is 5.19. The van der Waals surface area contributed by atoms with Crippen LogP contribution in [0.2, 0.25) is 0 Å². The van der Waals surface area contributed by atoms with Gasteiger partial charge in [0.2, 0.25) is 0 Å². The van der Waals surface area contributed by atoms with Gasteiger partial charge in [0.25, 0.3) is 0 Å². The summed E-state index contributed by atoms with van der Waals surface area (Å²) in [6.45, 7) is 1.14. The number of nitriles is 1. The molecule has 21 heavy (non-hydrogen) atoms. The van der Waals surface area contributed by atoms with Gasteiger partial charge in [-0.25, -0.2) is 8.42 Å². The maximum atomic E-state index is 12.3. The Morgan fingerprint density at radius 1 is 1.29 bits per heavy atom. The maximum Gasteiger partial charge on any atom is 0.179 e. The monoisotopic (exact) mass is 306 g/mol. The molecule has 6 heteroatoms. The number of benzene rings is 1. The number of aldehydes is 1. The Bertz CT molecular complexity index is 632. The third-order valence-corrected chi connectivity index (χ3v) is 5.52. The molecule has 0 amide bonds. The van der Waals surface area contributed by atoms with Crippen LogP contribution in [-0.4, -0.2) is 44.5 Å². The molecule has 1 aromatic rings. The first-order valence-electron chi connectivity index (χ1n) is 6.99. The van der Waals surface area contributed by atoms with Crippen LogP contribution in [0.3, 0.4) is 0 Å². The fourth-order valence-corrected chi connectivity index (χ4v) is 3.80. The van der Waals surface area contributed by atoms with Crippen LogP contribution in [-0.2, 0) is 14.6 Å². The Kier molecular flexibility index (Phi) is 5.10. The molecule has 1 aliphatic rings. The smallest absolute Gasteiger partial charge is 0.179 e. The van der Waals surface area contributed by atoms with Crippen molar-refractivity contribution in [1.29, 1.82) is 5.26 Å². The van der Waals surface area contributed by atoms with Crippen LogP contribution < -0.4 is 0 Å². The van der Waals surface area contributed by atoms with E-state index in [0.717, 1.165) is 32.1 Å². The lowest BCUT2D eigenvalue weighted by molar-refractivity contribution is -0.113. The van der Waals surface area contributed by atoms with Gasteiger partial charge in [0, 0.05) is 6.54 Å². The third-order valence-electron chi connectivity index (χ3n) is 3.81. The molecular formula is C15H18N2O3S. The lowest BCUT2D eigenvalue weighted by Crippen LogP contribution is -2.42. The molecule has 1 fully saturated rings. The molecule has 112 valence electrons. The largest absolute Gasteiger partial charge is 0.302 e. The number of sulfone groups is 1. The van der Waals surface area contributed by atoms with Crippen LogP contribution in [0.5, 0.6) is 0 Å². The van der Waals surface area contributed by atoms with Crippen molar-refractivity contribution in [3.8, 4) is 6.07 Å². The van der Waals surface area contributed by atoms with Crippen LogP contribution in [0.15, 0.2) is 29.2 Å². The SMILES string of the molecule is N#Cc1ccc(S(=O)(=O)CCN2CCCCC2C=O)cc1. The molecule has 0 N–H and O–H groups in total. The molecule has 1 aromatic carbocycles. The van der Waals surface area contributed by atoms with Crippen molar-refractivity contribution in [2.45, 2.75) is 30.2 Å². The van der Waals surface area contributed by atoms with Crippen molar-refractivity contribution in [3.05, 3.63) is 29.8 Å². The lowest BCUT2D eigenvalue weighted by Gasteiger charge is -2.31. The fourth-order valence-electron chi connectivity index (χ4n) is 2.54. The molecule has 1 saturated heterocycles. The zero-order chi connectivity index (χ0) is 15.3. The van der Waals surface area contributed by atoms with E-state index in [1.165, 1.54) is 24.3 Å². The molecule has 1 unspecified atom stereocenters. The Labute approximate surface area is 125 Å². The van der Waals surface area contributed by atoms with Gasteiger partial charge < -0.3 is 4.79 Å². The summed E-state index contributed by atoms with van der Waals surface area (Å²) in [4.78, 5) is 13.2. The molecule has 0 aliphatic carbocycles. The van der Waals surface area contributed by atoms with E-state index in [0.29, 0.717) is 12.1 Å². The van der Waals surface area contributed by atoms with E-state index in [1.54, 1.807) is 0 Å². The first-order chi connectivity index (χ1) is 10.1. The number of carbonyl (C=O) groups excluding carboxylic acids is 1. The van der Waals surface area contributed by atoms with Crippen LogP contribution in [0, 0.1) is 11.3 Å².